The van der Waals surface area contributed by atoms with Crippen molar-refractivity contribution in [3.8, 4) is 0 Å². The third-order valence-electron chi connectivity index (χ3n) is 9.94. The fraction of sp³-hybridized carbons (Fsp3) is 0.424. The number of carboxylic acids is 1. The molecule has 2 unspecified atom stereocenters. The Morgan fingerprint density at radius 2 is 1.81 bits per heavy atom. The zero-order valence-corrected chi connectivity index (χ0v) is 24.2. The first kappa shape index (κ1) is 26.6. The summed E-state index contributed by atoms with van der Waals surface area (Å²) in [5.41, 5.74) is 5.22. The van der Waals surface area contributed by atoms with Crippen LogP contribution in [0.4, 0.5) is 5.69 Å². The number of likely N-dealkylation sites (tertiary alicyclic amines) is 1. The van der Waals surface area contributed by atoms with Crippen molar-refractivity contribution in [2.24, 2.45) is 5.41 Å². The highest BCUT2D eigenvalue weighted by Crippen LogP contribution is 2.51. The number of fused-ring (bicyclic) bond motifs is 1. The zero-order chi connectivity index (χ0) is 29.1. The second-order valence-corrected chi connectivity index (χ2v) is 12.9. The van der Waals surface area contributed by atoms with Gasteiger partial charge in [0.2, 0.25) is 5.82 Å². The van der Waals surface area contributed by atoms with E-state index in [0.717, 1.165) is 62.1 Å². The molecule has 1 N–H and O–H groups in total. The van der Waals surface area contributed by atoms with Crippen molar-refractivity contribution in [3.05, 3.63) is 89.1 Å². The van der Waals surface area contributed by atoms with Gasteiger partial charge in [0.1, 0.15) is 5.69 Å². The van der Waals surface area contributed by atoms with Gasteiger partial charge in [-0.2, -0.15) is 0 Å². The van der Waals surface area contributed by atoms with Gasteiger partial charge in [0.25, 0.3) is 5.91 Å². The lowest BCUT2D eigenvalue weighted by Gasteiger charge is -2.26. The van der Waals surface area contributed by atoms with Gasteiger partial charge in [-0.25, -0.2) is 19.3 Å². The summed E-state index contributed by atoms with van der Waals surface area (Å²) in [7, 11) is 0. The summed E-state index contributed by atoms with van der Waals surface area (Å²) in [5, 5.41) is 14.0. The Morgan fingerprint density at radius 3 is 2.62 bits per heavy atom. The minimum absolute atomic E-state index is 0.0324. The van der Waals surface area contributed by atoms with Gasteiger partial charge in [0, 0.05) is 43.2 Å². The molecule has 3 atom stereocenters. The molecule has 42 heavy (non-hydrogen) atoms. The van der Waals surface area contributed by atoms with Gasteiger partial charge in [-0.05, 0) is 73.8 Å². The van der Waals surface area contributed by atoms with E-state index in [1.165, 1.54) is 11.6 Å². The topological polar surface area (TPSA) is 104 Å². The largest absolute Gasteiger partial charge is 0.477 e. The number of aryl methyl sites for hydroxylation is 1. The Balaban J connectivity index is 1.06. The van der Waals surface area contributed by atoms with Crippen molar-refractivity contribution in [2.45, 2.75) is 57.3 Å². The first-order valence-electron chi connectivity index (χ1n) is 14.9. The standard InChI is InChI=1S/C33H36N6O3/c1-22-17-25(37-15-13-32(2,20-37)24-7-4-3-5-8-24)19-39-29(22)35-28(36-39)30(40)38-16-14-33(21-38)12-11-23(18-33)26-9-6-10-27(34-26)31(41)42/h3-10,17,19,23H,11-16,18,20-21H2,1-2H3,(H,41,42)/t23?,32-,33?/m0/s1. The fourth-order valence-electron chi connectivity index (χ4n) is 7.53. The summed E-state index contributed by atoms with van der Waals surface area (Å²) in [4.78, 5) is 38.4. The molecule has 9 heteroatoms. The van der Waals surface area contributed by atoms with Gasteiger partial charge in [0.15, 0.2) is 5.65 Å². The Labute approximate surface area is 245 Å². The third kappa shape index (κ3) is 4.61. The van der Waals surface area contributed by atoms with Crippen LogP contribution in [0.15, 0.2) is 60.8 Å². The minimum atomic E-state index is -1.00. The third-order valence-corrected chi connectivity index (χ3v) is 9.94. The number of anilines is 1. The molecule has 5 heterocycles. The van der Waals surface area contributed by atoms with E-state index in [9.17, 15) is 14.7 Å². The van der Waals surface area contributed by atoms with Crippen LogP contribution in [0.1, 0.15) is 82.9 Å². The number of benzene rings is 1. The number of rotatable bonds is 5. The predicted octanol–water partition coefficient (Wildman–Crippen LogP) is 5.10. The van der Waals surface area contributed by atoms with Crippen LogP contribution in [0.25, 0.3) is 5.65 Å². The molecule has 3 fully saturated rings. The monoisotopic (exact) mass is 564 g/mol. The average molecular weight is 565 g/mol. The maximum Gasteiger partial charge on any atom is 0.354 e. The molecular weight excluding hydrogens is 528 g/mol. The first-order valence-corrected chi connectivity index (χ1v) is 14.9. The molecule has 1 amide bonds. The van der Waals surface area contributed by atoms with Crippen LogP contribution in [0.3, 0.4) is 0 Å². The number of carboxylic acid groups (broad SMARTS) is 1. The number of pyridine rings is 2. The van der Waals surface area contributed by atoms with Crippen LogP contribution in [0.5, 0.6) is 0 Å². The highest BCUT2D eigenvalue weighted by molar-refractivity contribution is 5.91. The maximum absolute atomic E-state index is 13.6. The van der Waals surface area contributed by atoms with Gasteiger partial charge < -0.3 is 14.9 Å². The van der Waals surface area contributed by atoms with E-state index in [4.69, 9.17) is 0 Å². The SMILES string of the molecule is Cc1cc(N2CC[C@](C)(c3ccccc3)C2)cn2nc(C(=O)N3CCC4(CCC(c5cccc(C(=O)O)n5)C4)C3)nc12. The molecule has 1 aromatic carbocycles. The predicted molar refractivity (Wildman–Crippen MR) is 159 cm³/mol. The Kier molecular flexibility index (Phi) is 6.29. The Bertz CT molecular complexity index is 1690. The van der Waals surface area contributed by atoms with Gasteiger partial charge in [-0.1, -0.05) is 43.3 Å². The Hall–Kier alpha value is -4.27. The molecule has 1 spiro atoms. The van der Waals surface area contributed by atoms with Crippen LogP contribution >= 0.6 is 0 Å². The van der Waals surface area contributed by atoms with Crippen molar-refractivity contribution in [3.63, 3.8) is 0 Å². The number of aromatic carboxylic acids is 1. The van der Waals surface area contributed by atoms with Crippen LogP contribution in [-0.2, 0) is 5.41 Å². The molecule has 1 saturated carbocycles. The molecule has 2 saturated heterocycles. The van der Waals surface area contributed by atoms with Crippen molar-refractivity contribution < 1.29 is 14.7 Å². The average Bonchev–Trinajstić information content (AvgIpc) is 3.80. The summed E-state index contributed by atoms with van der Waals surface area (Å²) < 4.78 is 1.77. The number of hydrogen-bond donors (Lipinski definition) is 1. The van der Waals surface area contributed by atoms with Crippen LogP contribution < -0.4 is 4.90 Å². The van der Waals surface area contributed by atoms with E-state index in [0.29, 0.717) is 18.7 Å². The highest BCUT2D eigenvalue weighted by Gasteiger charge is 2.46. The fourth-order valence-corrected chi connectivity index (χ4v) is 7.53. The van der Waals surface area contributed by atoms with Crippen molar-refractivity contribution in [1.82, 2.24) is 24.5 Å². The van der Waals surface area contributed by atoms with E-state index >= 15 is 0 Å². The van der Waals surface area contributed by atoms with Crippen molar-refractivity contribution in [2.75, 3.05) is 31.1 Å². The number of carbonyl (C=O) groups is 2. The number of hydrogen-bond acceptors (Lipinski definition) is 6. The Morgan fingerprint density at radius 1 is 0.976 bits per heavy atom. The van der Waals surface area contributed by atoms with E-state index < -0.39 is 5.97 Å². The zero-order valence-electron chi connectivity index (χ0n) is 24.2. The number of nitrogens with zero attached hydrogens (tertiary/aromatic N) is 6. The van der Waals surface area contributed by atoms with Crippen LogP contribution in [-0.4, -0.2) is 67.6 Å². The molecule has 7 rings (SSSR count). The molecule has 3 aromatic heterocycles. The van der Waals surface area contributed by atoms with E-state index in [1.807, 2.05) is 24.1 Å². The van der Waals surface area contributed by atoms with E-state index in [2.05, 4.69) is 63.3 Å². The number of amides is 1. The first-order chi connectivity index (χ1) is 20.2. The van der Waals surface area contributed by atoms with Crippen LogP contribution in [0, 0.1) is 12.3 Å². The molecule has 9 nitrogen and oxygen atoms in total. The van der Waals surface area contributed by atoms with Crippen molar-refractivity contribution in [1.29, 1.82) is 0 Å². The van der Waals surface area contributed by atoms with Crippen molar-refractivity contribution >= 4 is 23.2 Å². The van der Waals surface area contributed by atoms with E-state index in [1.54, 1.807) is 10.6 Å². The highest BCUT2D eigenvalue weighted by atomic mass is 16.4. The molecule has 4 aromatic rings. The maximum atomic E-state index is 13.6. The second-order valence-electron chi connectivity index (χ2n) is 12.9. The molecule has 0 radical (unpaired) electrons. The lowest BCUT2D eigenvalue weighted by atomic mass is 9.82. The smallest absolute Gasteiger partial charge is 0.354 e. The van der Waals surface area contributed by atoms with Gasteiger partial charge in [-0.15, -0.1) is 5.10 Å². The van der Waals surface area contributed by atoms with Gasteiger partial charge in [-0.3, -0.25) is 4.79 Å². The quantitative estimate of drug-likeness (QED) is 0.360. The lowest BCUT2D eigenvalue weighted by Crippen LogP contribution is -2.32. The molecule has 2 aliphatic heterocycles. The minimum Gasteiger partial charge on any atom is -0.477 e. The van der Waals surface area contributed by atoms with Crippen LogP contribution in [0.2, 0.25) is 0 Å². The second kappa shape index (κ2) is 9.93. The summed E-state index contributed by atoms with van der Waals surface area (Å²) in [6.07, 6.45) is 6.87. The number of carbonyl (C=O) groups excluding carboxylic acids is 1. The summed E-state index contributed by atoms with van der Waals surface area (Å²) in [6.45, 7) is 7.61. The lowest BCUT2D eigenvalue weighted by molar-refractivity contribution is 0.0689. The molecule has 3 aliphatic rings. The molecular formula is C33H36N6O3. The van der Waals surface area contributed by atoms with E-state index in [-0.39, 0.29) is 34.2 Å². The molecule has 1 aliphatic carbocycles. The normalized spacial score (nSPS) is 25.6. The summed E-state index contributed by atoms with van der Waals surface area (Å²) >= 11 is 0. The summed E-state index contributed by atoms with van der Waals surface area (Å²) in [6, 6.07) is 18.1. The van der Waals surface area contributed by atoms with Gasteiger partial charge >= 0.3 is 5.97 Å². The molecule has 0 bridgehead atoms. The van der Waals surface area contributed by atoms with Gasteiger partial charge in [0.05, 0.1) is 11.9 Å². The molecule has 216 valence electrons. The number of aromatic nitrogens is 4. The summed E-state index contributed by atoms with van der Waals surface area (Å²) in [5.74, 6) is -0.671.